The summed E-state index contributed by atoms with van der Waals surface area (Å²) in [6.07, 6.45) is -4.18. The second-order valence-electron chi connectivity index (χ2n) is 7.59. The summed E-state index contributed by atoms with van der Waals surface area (Å²) in [4.78, 5) is 33.2. The maximum absolute atomic E-state index is 13.3. The van der Waals surface area contributed by atoms with Crippen LogP contribution in [0.5, 0.6) is 0 Å². The van der Waals surface area contributed by atoms with Gasteiger partial charge in [-0.1, -0.05) is 12.1 Å². The average Bonchev–Trinajstić information content (AvgIpc) is 2.70. The van der Waals surface area contributed by atoms with E-state index >= 15 is 0 Å². The van der Waals surface area contributed by atoms with Crippen LogP contribution in [0.2, 0.25) is 0 Å². The molecule has 1 fully saturated rings. The molecule has 0 bridgehead atoms. The van der Waals surface area contributed by atoms with Crippen LogP contribution in [0.3, 0.4) is 0 Å². The summed E-state index contributed by atoms with van der Waals surface area (Å²) in [5.41, 5.74) is -2.63. The van der Waals surface area contributed by atoms with Gasteiger partial charge in [-0.15, -0.1) is 0 Å². The molecule has 1 N–H and O–H groups in total. The number of likely N-dealkylation sites (N-methyl/N-ethyl adjacent to an activating group) is 1. The number of hydrogen-bond acceptors (Lipinski definition) is 5. The lowest BCUT2D eigenvalue weighted by Gasteiger charge is -2.32. The van der Waals surface area contributed by atoms with Gasteiger partial charge in [0.15, 0.2) is 0 Å². The first-order valence-corrected chi connectivity index (χ1v) is 9.95. The largest absolute Gasteiger partial charge is 0.438 e. The Morgan fingerprint density at radius 3 is 2.53 bits per heavy atom. The fraction of sp³-hybridized carbons (Fsp3) is 0.550. The maximum Gasteiger partial charge on any atom is 0.438 e. The van der Waals surface area contributed by atoms with Crippen LogP contribution in [0.4, 0.5) is 13.2 Å². The summed E-state index contributed by atoms with van der Waals surface area (Å²) in [5.74, 6) is -0.500. The molecule has 1 aromatic heterocycles. The summed E-state index contributed by atoms with van der Waals surface area (Å²) in [7, 11) is 2.08. The van der Waals surface area contributed by atoms with Crippen molar-refractivity contribution in [3.05, 3.63) is 40.3 Å². The number of aromatic nitrogens is 2. The molecule has 1 aliphatic heterocycles. The van der Waals surface area contributed by atoms with Crippen LogP contribution in [0.25, 0.3) is 11.0 Å². The SMILES string of the molecule is CC(C(=O)NCCCN1CCN(C)CC1)n1c(=O)c(C(F)(F)F)nc2ccccc21. The average molecular weight is 425 g/mol. The molecule has 0 saturated carbocycles. The Labute approximate surface area is 172 Å². The van der Waals surface area contributed by atoms with Crippen molar-refractivity contribution < 1.29 is 18.0 Å². The number of hydrogen-bond donors (Lipinski definition) is 1. The molecule has 1 amide bonds. The van der Waals surface area contributed by atoms with Gasteiger partial charge in [-0.05, 0) is 39.1 Å². The highest BCUT2D eigenvalue weighted by Crippen LogP contribution is 2.27. The second-order valence-corrected chi connectivity index (χ2v) is 7.59. The molecule has 1 saturated heterocycles. The summed E-state index contributed by atoms with van der Waals surface area (Å²) in [6, 6.07) is 4.90. The van der Waals surface area contributed by atoms with Crippen LogP contribution in [0.1, 0.15) is 25.1 Å². The van der Waals surface area contributed by atoms with E-state index in [4.69, 9.17) is 0 Å². The van der Waals surface area contributed by atoms with Gasteiger partial charge in [-0.25, -0.2) is 4.98 Å². The van der Waals surface area contributed by atoms with Crippen LogP contribution in [-0.4, -0.2) is 71.6 Å². The molecule has 2 aromatic rings. The molecule has 164 valence electrons. The van der Waals surface area contributed by atoms with E-state index in [1.165, 1.54) is 25.1 Å². The highest BCUT2D eigenvalue weighted by molar-refractivity contribution is 5.83. The molecule has 0 aliphatic carbocycles. The van der Waals surface area contributed by atoms with E-state index in [1.807, 2.05) is 0 Å². The number of piperazine rings is 1. The van der Waals surface area contributed by atoms with E-state index in [0.717, 1.165) is 43.7 Å². The Kier molecular flexibility index (Phi) is 6.77. The lowest BCUT2D eigenvalue weighted by molar-refractivity contribution is -0.142. The minimum Gasteiger partial charge on any atom is -0.354 e. The molecule has 10 heteroatoms. The quantitative estimate of drug-likeness (QED) is 0.714. The van der Waals surface area contributed by atoms with E-state index < -0.39 is 29.4 Å². The van der Waals surface area contributed by atoms with Crippen molar-refractivity contribution in [2.24, 2.45) is 0 Å². The van der Waals surface area contributed by atoms with Crippen LogP contribution in [0.15, 0.2) is 29.1 Å². The van der Waals surface area contributed by atoms with Crippen molar-refractivity contribution in [3.63, 3.8) is 0 Å². The number of fused-ring (bicyclic) bond motifs is 1. The first-order valence-electron chi connectivity index (χ1n) is 9.95. The Morgan fingerprint density at radius 1 is 1.20 bits per heavy atom. The van der Waals surface area contributed by atoms with Crippen molar-refractivity contribution >= 4 is 16.9 Å². The summed E-state index contributed by atoms with van der Waals surface area (Å²) >= 11 is 0. The highest BCUT2D eigenvalue weighted by Gasteiger charge is 2.38. The Balaban J connectivity index is 1.71. The number of amides is 1. The first kappa shape index (κ1) is 22.2. The zero-order chi connectivity index (χ0) is 21.9. The fourth-order valence-corrected chi connectivity index (χ4v) is 3.57. The van der Waals surface area contributed by atoms with Crippen molar-refractivity contribution in [1.29, 1.82) is 0 Å². The molecule has 1 unspecified atom stereocenters. The van der Waals surface area contributed by atoms with Crippen molar-refractivity contribution in [2.75, 3.05) is 46.3 Å². The number of para-hydroxylation sites is 2. The lowest BCUT2D eigenvalue weighted by atomic mass is 10.2. The van der Waals surface area contributed by atoms with Crippen molar-refractivity contribution in [1.82, 2.24) is 24.7 Å². The third-order valence-electron chi connectivity index (χ3n) is 5.38. The number of benzene rings is 1. The van der Waals surface area contributed by atoms with Crippen molar-refractivity contribution in [2.45, 2.75) is 25.6 Å². The van der Waals surface area contributed by atoms with E-state index in [-0.39, 0.29) is 11.0 Å². The number of nitrogens with zero attached hydrogens (tertiary/aromatic N) is 4. The molecule has 0 radical (unpaired) electrons. The molecule has 1 aliphatic rings. The van der Waals surface area contributed by atoms with Gasteiger partial charge in [0.25, 0.3) is 5.56 Å². The van der Waals surface area contributed by atoms with Crippen LogP contribution in [0, 0.1) is 0 Å². The zero-order valence-electron chi connectivity index (χ0n) is 17.1. The van der Waals surface area contributed by atoms with Crippen LogP contribution >= 0.6 is 0 Å². The lowest BCUT2D eigenvalue weighted by Crippen LogP contribution is -2.45. The van der Waals surface area contributed by atoms with Gasteiger partial charge < -0.3 is 15.1 Å². The zero-order valence-corrected chi connectivity index (χ0v) is 17.1. The van der Waals surface area contributed by atoms with Gasteiger partial charge in [0, 0.05) is 32.7 Å². The highest BCUT2D eigenvalue weighted by atomic mass is 19.4. The minimum absolute atomic E-state index is 0.0131. The predicted octanol–water partition coefficient (Wildman–Crippen LogP) is 1.73. The molecule has 3 rings (SSSR count). The van der Waals surface area contributed by atoms with Gasteiger partial charge in [-0.3, -0.25) is 14.2 Å². The monoisotopic (exact) mass is 425 g/mol. The number of halogens is 3. The summed E-state index contributed by atoms with van der Waals surface area (Å²) < 4.78 is 40.7. The third kappa shape index (κ3) is 4.99. The number of carbonyl (C=O) groups excluding carboxylic acids is 1. The van der Waals surface area contributed by atoms with E-state index in [1.54, 1.807) is 6.07 Å². The van der Waals surface area contributed by atoms with Gasteiger partial charge in [-0.2, -0.15) is 13.2 Å². The standard InChI is InChI=1S/C20H26F3N5O2/c1-14(18(29)24-8-5-9-27-12-10-26(2)11-13-27)28-16-7-4-3-6-15(16)25-17(19(28)30)20(21,22)23/h3-4,6-7,14H,5,8-13H2,1-2H3,(H,24,29). The Bertz CT molecular complexity index is 952. The maximum atomic E-state index is 13.3. The molecule has 2 heterocycles. The number of alkyl halides is 3. The van der Waals surface area contributed by atoms with Gasteiger partial charge in [0.1, 0.15) is 6.04 Å². The fourth-order valence-electron chi connectivity index (χ4n) is 3.57. The molecule has 1 aromatic carbocycles. The van der Waals surface area contributed by atoms with E-state index in [2.05, 4.69) is 27.1 Å². The number of nitrogens with one attached hydrogen (secondary N) is 1. The molecule has 0 spiro atoms. The van der Waals surface area contributed by atoms with Gasteiger partial charge in [0.05, 0.1) is 11.0 Å². The molecular weight excluding hydrogens is 399 g/mol. The van der Waals surface area contributed by atoms with Crippen LogP contribution in [-0.2, 0) is 11.0 Å². The summed E-state index contributed by atoms with van der Waals surface area (Å²) in [5, 5.41) is 2.74. The van der Waals surface area contributed by atoms with Gasteiger partial charge in [0.2, 0.25) is 11.6 Å². The van der Waals surface area contributed by atoms with Crippen LogP contribution < -0.4 is 10.9 Å². The topological polar surface area (TPSA) is 70.5 Å². The third-order valence-corrected chi connectivity index (χ3v) is 5.38. The van der Waals surface area contributed by atoms with Gasteiger partial charge >= 0.3 is 6.18 Å². The van der Waals surface area contributed by atoms with E-state index in [9.17, 15) is 22.8 Å². The molecule has 1 atom stereocenters. The number of carbonyl (C=O) groups is 1. The second kappa shape index (κ2) is 9.13. The molecular formula is C20H26F3N5O2. The van der Waals surface area contributed by atoms with Crippen molar-refractivity contribution in [3.8, 4) is 0 Å². The molecule has 7 nitrogen and oxygen atoms in total. The Hall–Kier alpha value is -2.46. The first-order chi connectivity index (χ1) is 14.2. The normalized spacial score (nSPS) is 17.2. The predicted molar refractivity (Wildman–Crippen MR) is 107 cm³/mol. The van der Waals surface area contributed by atoms with E-state index in [0.29, 0.717) is 6.54 Å². The Morgan fingerprint density at radius 2 is 1.87 bits per heavy atom. The smallest absolute Gasteiger partial charge is 0.354 e. The summed E-state index contributed by atoms with van der Waals surface area (Å²) in [6.45, 7) is 6.59. The number of rotatable bonds is 6. The molecule has 30 heavy (non-hydrogen) atoms. The minimum atomic E-state index is -4.90.